The molecule has 1 aromatic carbocycles. The van der Waals surface area contributed by atoms with E-state index in [1.165, 1.54) is 19.2 Å². The van der Waals surface area contributed by atoms with Gasteiger partial charge in [-0.15, -0.1) is 0 Å². The highest BCUT2D eigenvalue weighted by Gasteiger charge is 2.16. The second kappa shape index (κ2) is 7.45. The molecule has 0 aliphatic carbocycles. The third-order valence-electron chi connectivity index (χ3n) is 2.27. The molecule has 3 N–H and O–H groups in total. The van der Waals surface area contributed by atoms with Gasteiger partial charge in [-0.05, 0) is 12.1 Å². The van der Waals surface area contributed by atoms with Crippen LogP contribution in [0.4, 0.5) is 10.1 Å². The Bertz CT molecular complexity index is 465. The van der Waals surface area contributed by atoms with Crippen LogP contribution < -0.4 is 10.6 Å². The Kier molecular flexibility index (Phi) is 5.91. The number of aromatic carboxylic acids is 1. The third-order valence-corrected chi connectivity index (χ3v) is 2.27. The standard InChI is InChI=1S/C12H15FN2O4/c1-19-6-5-14-7-10(16)15-9-4-2-3-8(13)11(9)12(17)18/h2-4,14H,5-7H2,1H3,(H,15,16)(H,17,18). The number of anilines is 1. The summed E-state index contributed by atoms with van der Waals surface area (Å²) >= 11 is 0. The summed E-state index contributed by atoms with van der Waals surface area (Å²) in [5.74, 6) is -2.78. The van der Waals surface area contributed by atoms with Gasteiger partial charge >= 0.3 is 5.97 Å². The van der Waals surface area contributed by atoms with Gasteiger partial charge in [0.1, 0.15) is 11.4 Å². The van der Waals surface area contributed by atoms with Crippen LogP contribution in [0.5, 0.6) is 0 Å². The Hall–Kier alpha value is -1.99. The second-order valence-electron chi connectivity index (χ2n) is 3.69. The van der Waals surface area contributed by atoms with E-state index in [4.69, 9.17) is 9.84 Å². The van der Waals surface area contributed by atoms with Crippen molar-refractivity contribution in [2.75, 3.05) is 32.1 Å². The first-order valence-electron chi connectivity index (χ1n) is 5.57. The molecule has 1 aromatic rings. The van der Waals surface area contributed by atoms with Gasteiger partial charge in [0.05, 0.1) is 18.8 Å². The summed E-state index contributed by atoms with van der Waals surface area (Å²) in [5.41, 5.74) is -0.612. The van der Waals surface area contributed by atoms with Crippen LogP contribution in [0.3, 0.4) is 0 Å². The van der Waals surface area contributed by atoms with E-state index in [0.717, 1.165) is 6.07 Å². The maximum absolute atomic E-state index is 13.3. The highest BCUT2D eigenvalue weighted by molar-refractivity contribution is 6.01. The van der Waals surface area contributed by atoms with Crippen LogP contribution in [-0.4, -0.2) is 43.8 Å². The van der Waals surface area contributed by atoms with Gasteiger partial charge < -0.3 is 20.5 Å². The van der Waals surface area contributed by atoms with E-state index in [9.17, 15) is 14.0 Å². The molecule has 0 unspecified atom stereocenters. The van der Waals surface area contributed by atoms with Crippen molar-refractivity contribution >= 4 is 17.6 Å². The molecule has 0 fully saturated rings. The Morgan fingerprint density at radius 2 is 2.16 bits per heavy atom. The average molecular weight is 270 g/mol. The molecule has 0 heterocycles. The van der Waals surface area contributed by atoms with E-state index in [2.05, 4.69) is 10.6 Å². The van der Waals surface area contributed by atoms with E-state index in [1.54, 1.807) is 0 Å². The van der Waals surface area contributed by atoms with E-state index in [0.29, 0.717) is 13.2 Å². The molecule has 0 aliphatic heterocycles. The minimum atomic E-state index is -1.43. The zero-order valence-corrected chi connectivity index (χ0v) is 10.4. The highest BCUT2D eigenvalue weighted by Crippen LogP contribution is 2.18. The predicted octanol–water partition coefficient (Wildman–Crippen LogP) is 0.698. The number of benzene rings is 1. The first-order chi connectivity index (χ1) is 9.06. The number of carboxylic acid groups (broad SMARTS) is 1. The zero-order valence-electron chi connectivity index (χ0n) is 10.4. The van der Waals surface area contributed by atoms with Crippen LogP contribution in [0.15, 0.2) is 18.2 Å². The molecule has 0 saturated carbocycles. The molecule has 19 heavy (non-hydrogen) atoms. The van der Waals surface area contributed by atoms with Gasteiger partial charge in [0, 0.05) is 13.7 Å². The number of carboxylic acids is 1. The fourth-order valence-corrected chi connectivity index (χ4v) is 1.42. The molecular formula is C12H15FN2O4. The summed E-state index contributed by atoms with van der Waals surface area (Å²) in [6, 6.07) is 3.69. The van der Waals surface area contributed by atoms with Crippen molar-refractivity contribution in [3.8, 4) is 0 Å². The lowest BCUT2D eigenvalue weighted by molar-refractivity contribution is -0.115. The monoisotopic (exact) mass is 270 g/mol. The largest absolute Gasteiger partial charge is 0.478 e. The van der Waals surface area contributed by atoms with Crippen molar-refractivity contribution in [3.63, 3.8) is 0 Å². The average Bonchev–Trinajstić information content (AvgIpc) is 2.34. The summed E-state index contributed by atoms with van der Waals surface area (Å²) in [6.07, 6.45) is 0. The molecular weight excluding hydrogens is 255 g/mol. The molecule has 0 aliphatic rings. The lowest BCUT2D eigenvalue weighted by Gasteiger charge is -2.09. The van der Waals surface area contributed by atoms with Crippen LogP contribution in [0.2, 0.25) is 0 Å². The van der Waals surface area contributed by atoms with E-state index < -0.39 is 23.3 Å². The molecule has 0 spiro atoms. The van der Waals surface area contributed by atoms with E-state index in [-0.39, 0.29) is 12.2 Å². The summed E-state index contributed by atoms with van der Waals surface area (Å²) in [5, 5.41) is 14.0. The summed E-state index contributed by atoms with van der Waals surface area (Å²) in [6.45, 7) is 0.922. The summed E-state index contributed by atoms with van der Waals surface area (Å²) in [7, 11) is 1.54. The first kappa shape index (κ1) is 15.1. The van der Waals surface area contributed by atoms with Gasteiger partial charge in [-0.1, -0.05) is 6.07 Å². The number of carbonyl (C=O) groups excluding carboxylic acids is 1. The van der Waals surface area contributed by atoms with Crippen LogP contribution in [0.1, 0.15) is 10.4 Å². The number of halogens is 1. The Balaban J connectivity index is 2.64. The molecule has 1 rings (SSSR count). The van der Waals surface area contributed by atoms with Crippen LogP contribution in [-0.2, 0) is 9.53 Å². The Morgan fingerprint density at radius 3 is 2.79 bits per heavy atom. The van der Waals surface area contributed by atoms with E-state index >= 15 is 0 Å². The van der Waals surface area contributed by atoms with Crippen LogP contribution in [0.25, 0.3) is 0 Å². The van der Waals surface area contributed by atoms with E-state index in [1.807, 2.05) is 0 Å². The number of ether oxygens (including phenoxy) is 1. The third kappa shape index (κ3) is 4.65. The number of rotatable bonds is 7. The van der Waals surface area contributed by atoms with Gasteiger partial charge in [0.15, 0.2) is 0 Å². The second-order valence-corrected chi connectivity index (χ2v) is 3.69. The number of hydrogen-bond donors (Lipinski definition) is 3. The van der Waals surface area contributed by atoms with Gasteiger partial charge in [0.2, 0.25) is 5.91 Å². The number of carbonyl (C=O) groups is 2. The topological polar surface area (TPSA) is 87.7 Å². The smallest absolute Gasteiger partial charge is 0.340 e. The lowest BCUT2D eigenvalue weighted by Crippen LogP contribution is -2.30. The van der Waals surface area contributed by atoms with Crippen molar-refractivity contribution in [1.82, 2.24) is 5.32 Å². The number of methoxy groups -OCH3 is 1. The quantitative estimate of drug-likeness (QED) is 0.635. The van der Waals surface area contributed by atoms with Crippen molar-refractivity contribution < 1.29 is 23.8 Å². The Morgan fingerprint density at radius 1 is 1.42 bits per heavy atom. The summed E-state index contributed by atoms with van der Waals surface area (Å²) in [4.78, 5) is 22.4. The SMILES string of the molecule is COCCNCC(=O)Nc1cccc(F)c1C(=O)O. The summed E-state index contributed by atoms with van der Waals surface area (Å²) < 4.78 is 18.1. The lowest BCUT2D eigenvalue weighted by atomic mass is 10.1. The molecule has 0 atom stereocenters. The van der Waals surface area contributed by atoms with Crippen molar-refractivity contribution in [2.24, 2.45) is 0 Å². The van der Waals surface area contributed by atoms with Gasteiger partial charge in [-0.25, -0.2) is 9.18 Å². The van der Waals surface area contributed by atoms with Gasteiger partial charge in [-0.3, -0.25) is 4.79 Å². The molecule has 0 aromatic heterocycles. The maximum atomic E-state index is 13.3. The predicted molar refractivity (Wildman–Crippen MR) is 66.7 cm³/mol. The molecule has 0 radical (unpaired) electrons. The molecule has 104 valence electrons. The number of hydrogen-bond acceptors (Lipinski definition) is 4. The van der Waals surface area contributed by atoms with Gasteiger partial charge in [-0.2, -0.15) is 0 Å². The fourth-order valence-electron chi connectivity index (χ4n) is 1.42. The molecule has 1 amide bonds. The molecule has 7 heteroatoms. The zero-order chi connectivity index (χ0) is 14.3. The molecule has 6 nitrogen and oxygen atoms in total. The Labute approximate surface area is 109 Å². The highest BCUT2D eigenvalue weighted by atomic mass is 19.1. The minimum Gasteiger partial charge on any atom is -0.478 e. The van der Waals surface area contributed by atoms with Gasteiger partial charge in [0.25, 0.3) is 0 Å². The number of nitrogens with one attached hydrogen (secondary N) is 2. The maximum Gasteiger partial charge on any atom is 0.340 e. The molecule has 0 saturated heterocycles. The number of amides is 1. The van der Waals surface area contributed by atoms with Crippen LogP contribution in [0, 0.1) is 5.82 Å². The first-order valence-corrected chi connectivity index (χ1v) is 5.57. The minimum absolute atomic E-state index is 0.0149. The normalized spacial score (nSPS) is 10.2. The molecule has 0 bridgehead atoms. The van der Waals surface area contributed by atoms with Crippen LogP contribution >= 0.6 is 0 Å². The van der Waals surface area contributed by atoms with Crippen molar-refractivity contribution in [2.45, 2.75) is 0 Å². The van der Waals surface area contributed by atoms with Crippen molar-refractivity contribution in [1.29, 1.82) is 0 Å². The fraction of sp³-hybridized carbons (Fsp3) is 0.333. The van der Waals surface area contributed by atoms with Crippen molar-refractivity contribution in [3.05, 3.63) is 29.6 Å².